The summed E-state index contributed by atoms with van der Waals surface area (Å²) in [6.07, 6.45) is -15.6. The highest BCUT2D eigenvalue weighted by atomic mass is 16.7. The van der Waals surface area contributed by atoms with Crippen molar-refractivity contribution in [3.63, 3.8) is 0 Å². The smallest absolute Gasteiger partial charge is 0.187 e. The van der Waals surface area contributed by atoms with Crippen molar-refractivity contribution < 1.29 is 55.1 Å². The average Bonchev–Trinajstić information content (AvgIpc) is 2.55. The van der Waals surface area contributed by atoms with Crippen molar-refractivity contribution in [1.82, 2.24) is 0 Å². The van der Waals surface area contributed by atoms with E-state index in [2.05, 4.69) is 0 Å². The number of aliphatic hydroxyl groups is 8. The van der Waals surface area contributed by atoms with Crippen LogP contribution in [0.2, 0.25) is 0 Å². The molecule has 2 saturated heterocycles. The van der Waals surface area contributed by atoms with Gasteiger partial charge in [-0.3, -0.25) is 0 Å². The molecule has 2 fully saturated rings. The number of hydrogen-bond donors (Lipinski definition) is 8. The first-order valence-corrected chi connectivity index (χ1v) is 7.08. The summed E-state index contributed by atoms with van der Waals surface area (Å²) in [5, 5.41) is 76.5. The summed E-state index contributed by atoms with van der Waals surface area (Å²) >= 11 is 0. The molecule has 0 aromatic carbocycles. The van der Waals surface area contributed by atoms with E-state index in [0.717, 1.165) is 0 Å². The van der Waals surface area contributed by atoms with Gasteiger partial charge in [0.15, 0.2) is 12.6 Å². The molecule has 2 rings (SSSR count). The van der Waals surface area contributed by atoms with Gasteiger partial charge in [-0.25, -0.2) is 0 Å². The zero-order valence-electron chi connectivity index (χ0n) is 12.0. The van der Waals surface area contributed by atoms with Crippen molar-refractivity contribution in [2.45, 2.75) is 68.8 Å². The van der Waals surface area contributed by atoms with Crippen LogP contribution < -0.4 is 0 Å². The van der Waals surface area contributed by atoms with E-state index >= 15 is 0 Å². The molecular formula is C13H26O11. The highest BCUT2D eigenvalue weighted by Crippen LogP contribution is 2.28. The Labute approximate surface area is 138 Å². The fraction of sp³-hybridized carbons (Fsp3) is 1.00. The molecule has 24 heavy (non-hydrogen) atoms. The minimum absolute atomic E-state index is 0. The third kappa shape index (κ3) is 4.03. The molecule has 144 valence electrons. The topological polar surface area (TPSA) is 190 Å². The Morgan fingerprint density at radius 2 is 1.25 bits per heavy atom. The van der Waals surface area contributed by atoms with Crippen LogP contribution in [0.3, 0.4) is 0 Å². The predicted molar refractivity (Wildman–Crippen MR) is 75.4 cm³/mol. The van der Waals surface area contributed by atoms with Crippen molar-refractivity contribution in [3.05, 3.63) is 0 Å². The lowest BCUT2D eigenvalue weighted by atomic mass is 9.97. The van der Waals surface area contributed by atoms with E-state index in [4.69, 9.17) is 19.3 Å². The van der Waals surface area contributed by atoms with E-state index < -0.39 is 74.6 Å². The minimum Gasteiger partial charge on any atom is -0.394 e. The van der Waals surface area contributed by atoms with E-state index in [-0.39, 0.29) is 7.43 Å². The molecule has 2 aliphatic heterocycles. The van der Waals surface area contributed by atoms with Crippen molar-refractivity contribution in [3.8, 4) is 0 Å². The molecule has 0 radical (unpaired) electrons. The van der Waals surface area contributed by atoms with Crippen molar-refractivity contribution >= 4 is 0 Å². The van der Waals surface area contributed by atoms with Crippen LogP contribution in [0.25, 0.3) is 0 Å². The van der Waals surface area contributed by atoms with Crippen LogP contribution in [0.1, 0.15) is 7.43 Å². The molecular weight excluding hydrogens is 332 g/mol. The second-order valence-corrected chi connectivity index (χ2v) is 5.53. The summed E-state index contributed by atoms with van der Waals surface area (Å²) in [5.74, 6) is 0. The number of ether oxygens (including phenoxy) is 3. The SMILES string of the molecule is C.OC[C@H]1O[C@H](O[C@H]2[C@H](O)[C@@H](O)[C@H](O)O[C@@H]2CO)[C@H](O)[C@@H](O)[C@@H]1O. The molecule has 0 aromatic rings. The fourth-order valence-electron chi connectivity index (χ4n) is 2.57. The maximum absolute atomic E-state index is 9.94. The Bertz CT molecular complexity index is 379. The van der Waals surface area contributed by atoms with E-state index in [1.54, 1.807) is 0 Å². The molecule has 8 N–H and O–H groups in total. The second-order valence-electron chi connectivity index (χ2n) is 5.53. The summed E-state index contributed by atoms with van der Waals surface area (Å²) in [6.45, 7) is -1.35. The number of hydrogen-bond acceptors (Lipinski definition) is 11. The lowest BCUT2D eigenvalue weighted by Gasteiger charge is -2.45. The first kappa shape index (κ1) is 21.6. The van der Waals surface area contributed by atoms with Gasteiger partial charge in [-0.15, -0.1) is 0 Å². The molecule has 0 amide bonds. The highest BCUT2D eigenvalue weighted by molar-refractivity contribution is 4.93. The number of aliphatic hydroxyl groups excluding tert-OH is 8. The molecule has 11 heteroatoms. The van der Waals surface area contributed by atoms with Crippen molar-refractivity contribution in [2.75, 3.05) is 13.2 Å². The maximum Gasteiger partial charge on any atom is 0.187 e. The Balaban J connectivity index is 0.00000288. The summed E-state index contributed by atoms with van der Waals surface area (Å²) in [7, 11) is 0. The molecule has 0 aliphatic carbocycles. The third-order valence-electron chi connectivity index (χ3n) is 3.98. The average molecular weight is 358 g/mol. The zero-order chi connectivity index (χ0) is 17.3. The van der Waals surface area contributed by atoms with Crippen LogP contribution in [0, 0.1) is 0 Å². The molecule has 10 atom stereocenters. The van der Waals surface area contributed by atoms with Gasteiger partial charge in [0.1, 0.15) is 48.8 Å². The van der Waals surface area contributed by atoms with E-state index in [1.165, 1.54) is 0 Å². The van der Waals surface area contributed by atoms with Crippen LogP contribution in [-0.2, 0) is 14.2 Å². The Morgan fingerprint density at radius 1 is 0.667 bits per heavy atom. The molecule has 0 spiro atoms. The first-order chi connectivity index (χ1) is 10.8. The van der Waals surface area contributed by atoms with Crippen LogP contribution in [0.4, 0.5) is 0 Å². The van der Waals surface area contributed by atoms with E-state index in [9.17, 15) is 35.7 Å². The Morgan fingerprint density at radius 3 is 1.79 bits per heavy atom. The Hall–Kier alpha value is -0.440. The van der Waals surface area contributed by atoms with Crippen LogP contribution >= 0.6 is 0 Å². The summed E-state index contributed by atoms with van der Waals surface area (Å²) in [5.41, 5.74) is 0. The molecule has 2 aliphatic rings. The monoisotopic (exact) mass is 358 g/mol. The van der Waals surface area contributed by atoms with E-state index in [0.29, 0.717) is 0 Å². The Kier molecular flexibility index (Phi) is 7.90. The van der Waals surface area contributed by atoms with Crippen molar-refractivity contribution in [1.29, 1.82) is 0 Å². The quantitative estimate of drug-likeness (QED) is 0.241. The zero-order valence-corrected chi connectivity index (χ0v) is 12.0. The van der Waals surface area contributed by atoms with Gasteiger partial charge in [0.2, 0.25) is 0 Å². The van der Waals surface area contributed by atoms with Gasteiger partial charge >= 0.3 is 0 Å². The predicted octanol–water partition coefficient (Wildman–Crippen LogP) is -4.76. The van der Waals surface area contributed by atoms with Crippen LogP contribution in [0.5, 0.6) is 0 Å². The van der Waals surface area contributed by atoms with Gasteiger partial charge in [-0.1, -0.05) is 7.43 Å². The second kappa shape index (κ2) is 8.78. The first-order valence-electron chi connectivity index (χ1n) is 7.08. The van der Waals surface area contributed by atoms with Gasteiger partial charge in [0.25, 0.3) is 0 Å². The molecule has 2 heterocycles. The van der Waals surface area contributed by atoms with Crippen LogP contribution in [-0.4, -0.2) is 115 Å². The molecule has 0 saturated carbocycles. The van der Waals surface area contributed by atoms with Gasteiger partial charge < -0.3 is 55.1 Å². The van der Waals surface area contributed by atoms with Gasteiger partial charge in [0, 0.05) is 0 Å². The van der Waals surface area contributed by atoms with E-state index in [1.807, 2.05) is 0 Å². The van der Waals surface area contributed by atoms with Gasteiger partial charge in [-0.05, 0) is 0 Å². The third-order valence-corrected chi connectivity index (χ3v) is 3.98. The fourth-order valence-corrected chi connectivity index (χ4v) is 2.57. The summed E-state index contributed by atoms with van der Waals surface area (Å²) < 4.78 is 15.3. The van der Waals surface area contributed by atoms with Crippen LogP contribution in [0.15, 0.2) is 0 Å². The molecule has 11 nitrogen and oxygen atoms in total. The van der Waals surface area contributed by atoms with Gasteiger partial charge in [-0.2, -0.15) is 0 Å². The standard InChI is InChI=1S/C12H22O11.CH4/c13-1-3-5(15)6(16)9(19)12(22-3)23-10-4(2-14)21-11(20)8(18)7(10)17;/h3-20H,1-2H2;1H4/t3-,4-,5-,6+,7-,8-,9-,10-,11-,12-;/m1./s1. The number of rotatable bonds is 4. The molecule has 0 unspecified atom stereocenters. The molecule has 0 bridgehead atoms. The molecule has 0 aromatic heterocycles. The lowest BCUT2D eigenvalue weighted by molar-refractivity contribution is -0.355. The van der Waals surface area contributed by atoms with Gasteiger partial charge in [0.05, 0.1) is 13.2 Å². The lowest BCUT2D eigenvalue weighted by Crippen LogP contribution is -2.64. The normalized spacial score (nSPS) is 49.5. The summed E-state index contributed by atoms with van der Waals surface area (Å²) in [6, 6.07) is 0. The largest absolute Gasteiger partial charge is 0.394 e. The summed E-state index contributed by atoms with van der Waals surface area (Å²) in [4.78, 5) is 0. The minimum atomic E-state index is -1.74. The highest BCUT2D eigenvalue weighted by Gasteiger charge is 2.50. The maximum atomic E-state index is 9.94. The van der Waals surface area contributed by atoms with Crippen molar-refractivity contribution in [2.24, 2.45) is 0 Å².